The van der Waals surface area contributed by atoms with Crippen molar-refractivity contribution in [3.05, 3.63) is 29.8 Å². The zero-order valence-corrected chi connectivity index (χ0v) is 16.7. The molecular weight excluding hydrogens is 409 g/mol. The van der Waals surface area contributed by atoms with Crippen molar-refractivity contribution in [1.82, 2.24) is 10.2 Å². The van der Waals surface area contributed by atoms with Gasteiger partial charge in [0.1, 0.15) is 5.75 Å². The van der Waals surface area contributed by atoms with Crippen LogP contribution in [0.2, 0.25) is 0 Å². The van der Waals surface area contributed by atoms with Gasteiger partial charge in [-0.1, -0.05) is 25.1 Å². The first-order valence-electron chi connectivity index (χ1n) is 7.15. The molecule has 6 nitrogen and oxygen atoms in total. The Bertz CT molecular complexity index is 523. The maximum absolute atomic E-state index is 11.4. The number of aliphatic imine (C=N–C) groups is 1. The van der Waals surface area contributed by atoms with Crippen molar-refractivity contribution in [1.29, 1.82) is 0 Å². The summed E-state index contributed by atoms with van der Waals surface area (Å²) in [5, 5.41) is 3.18. The van der Waals surface area contributed by atoms with E-state index in [-0.39, 0.29) is 35.9 Å². The van der Waals surface area contributed by atoms with Crippen molar-refractivity contribution in [3.8, 4) is 5.75 Å². The summed E-state index contributed by atoms with van der Waals surface area (Å²) < 4.78 is 10.1. The Morgan fingerprint density at radius 3 is 2.57 bits per heavy atom. The Kier molecular flexibility index (Phi) is 10.4. The first kappa shape index (κ1) is 21.5. The summed E-state index contributed by atoms with van der Waals surface area (Å²) in [7, 11) is 6.69. The fraction of sp³-hybridized carbons (Fsp3) is 0.500. The summed E-state index contributed by atoms with van der Waals surface area (Å²) in [6.45, 7) is 2.93. The SMILES string of the molecule is CN=C(NCC(C)C(=O)OC)N(C)Cc1ccccc1OC.I. The fourth-order valence-corrected chi connectivity index (χ4v) is 2.08. The summed E-state index contributed by atoms with van der Waals surface area (Å²) in [6, 6.07) is 7.85. The normalized spacial score (nSPS) is 12.0. The van der Waals surface area contributed by atoms with Crippen molar-refractivity contribution in [2.75, 3.05) is 34.9 Å². The first-order chi connectivity index (χ1) is 10.5. The zero-order valence-electron chi connectivity index (χ0n) is 14.3. The molecule has 0 fully saturated rings. The van der Waals surface area contributed by atoms with Crippen LogP contribution in [-0.4, -0.2) is 51.7 Å². The van der Waals surface area contributed by atoms with Gasteiger partial charge in [0.05, 0.1) is 20.1 Å². The number of nitrogens with one attached hydrogen (secondary N) is 1. The van der Waals surface area contributed by atoms with E-state index in [2.05, 4.69) is 10.3 Å². The van der Waals surface area contributed by atoms with Crippen LogP contribution in [0.3, 0.4) is 0 Å². The number of carbonyl (C=O) groups is 1. The van der Waals surface area contributed by atoms with Gasteiger partial charge in [0.2, 0.25) is 0 Å². The van der Waals surface area contributed by atoms with E-state index in [4.69, 9.17) is 9.47 Å². The van der Waals surface area contributed by atoms with Gasteiger partial charge < -0.3 is 19.7 Å². The van der Waals surface area contributed by atoms with Crippen molar-refractivity contribution >= 4 is 35.9 Å². The van der Waals surface area contributed by atoms with Gasteiger partial charge in [-0.2, -0.15) is 0 Å². The quantitative estimate of drug-likeness (QED) is 0.321. The monoisotopic (exact) mass is 435 g/mol. The number of halogens is 1. The largest absolute Gasteiger partial charge is 0.496 e. The number of hydrogen-bond acceptors (Lipinski definition) is 4. The third-order valence-electron chi connectivity index (χ3n) is 3.34. The van der Waals surface area contributed by atoms with Gasteiger partial charge in [-0.05, 0) is 6.07 Å². The molecule has 0 heterocycles. The highest BCUT2D eigenvalue weighted by molar-refractivity contribution is 14.0. The van der Waals surface area contributed by atoms with Gasteiger partial charge in [-0.25, -0.2) is 0 Å². The fourth-order valence-electron chi connectivity index (χ4n) is 2.08. The second-order valence-electron chi connectivity index (χ2n) is 5.02. The van der Waals surface area contributed by atoms with Gasteiger partial charge in [-0.15, -0.1) is 24.0 Å². The van der Waals surface area contributed by atoms with Crippen LogP contribution in [0.4, 0.5) is 0 Å². The highest BCUT2D eigenvalue weighted by atomic mass is 127. The topological polar surface area (TPSA) is 63.2 Å². The van der Waals surface area contributed by atoms with Crippen LogP contribution < -0.4 is 10.1 Å². The number of guanidine groups is 1. The highest BCUT2D eigenvalue weighted by Gasteiger charge is 2.15. The molecule has 0 saturated heterocycles. The van der Waals surface area contributed by atoms with Gasteiger partial charge in [0.15, 0.2) is 5.96 Å². The second-order valence-corrected chi connectivity index (χ2v) is 5.02. The number of nitrogens with zero attached hydrogens (tertiary/aromatic N) is 2. The van der Waals surface area contributed by atoms with E-state index < -0.39 is 0 Å². The molecule has 23 heavy (non-hydrogen) atoms. The molecular formula is C16H26IN3O3. The van der Waals surface area contributed by atoms with E-state index in [0.717, 1.165) is 11.3 Å². The minimum atomic E-state index is -0.240. The van der Waals surface area contributed by atoms with E-state index >= 15 is 0 Å². The minimum Gasteiger partial charge on any atom is -0.496 e. The molecule has 1 rings (SSSR count). The highest BCUT2D eigenvalue weighted by Crippen LogP contribution is 2.18. The first-order valence-corrected chi connectivity index (χ1v) is 7.15. The number of rotatable bonds is 6. The maximum atomic E-state index is 11.4. The van der Waals surface area contributed by atoms with Crippen LogP contribution in [0.15, 0.2) is 29.3 Å². The molecule has 7 heteroatoms. The number of esters is 1. The number of hydrogen-bond donors (Lipinski definition) is 1. The number of benzene rings is 1. The molecule has 1 aromatic rings. The van der Waals surface area contributed by atoms with Gasteiger partial charge in [0.25, 0.3) is 0 Å². The predicted octanol–water partition coefficient (Wildman–Crippen LogP) is 2.13. The number of methoxy groups -OCH3 is 2. The van der Waals surface area contributed by atoms with Crippen LogP contribution >= 0.6 is 24.0 Å². The average Bonchev–Trinajstić information content (AvgIpc) is 2.54. The Morgan fingerprint density at radius 2 is 2.00 bits per heavy atom. The summed E-state index contributed by atoms with van der Waals surface area (Å²) >= 11 is 0. The molecule has 0 aliphatic rings. The summed E-state index contributed by atoms with van der Waals surface area (Å²) in [6.07, 6.45) is 0. The second kappa shape index (κ2) is 11.1. The van der Waals surface area contributed by atoms with E-state index in [1.807, 2.05) is 43.1 Å². The molecule has 1 atom stereocenters. The van der Waals surface area contributed by atoms with Crippen molar-refractivity contribution < 1.29 is 14.3 Å². The Morgan fingerprint density at radius 1 is 1.35 bits per heavy atom. The summed E-state index contributed by atoms with van der Waals surface area (Å²) in [5.41, 5.74) is 1.07. The van der Waals surface area contributed by atoms with Crippen LogP contribution in [0, 0.1) is 5.92 Å². The molecule has 1 unspecified atom stereocenters. The molecule has 0 saturated carbocycles. The van der Waals surface area contributed by atoms with E-state index in [9.17, 15) is 4.79 Å². The van der Waals surface area contributed by atoms with Gasteiger partial charge in [0, 0.05) is 32.7 Å². The van der Waals surface area contributed by atoms with Gasteiger partial charge >= 0.3 is 5.97 Å². The minimum absolute atomic E-state index is 0. The molecule has 1 N–H and O–H groups in total. The van der Waals surface area contributed by atoms with Crippen LogP contribution in [0.1, 0.15) is 12.5 Å². The Hall–Kier alpha value is -1.51. The molecule has 1 aromatic carbocycles. The standard InChI is InChI=1S/C16H25N3O3.HI/c1-12(15(20)22-5)10-18-16(17-2)19(3)11-13-8-6-7-9-14(13)21-4;/h6-9,12H,10-11H2,1-5H3,(H,17,18);1H. The lowest BCUT2D eigenvalue weighted by Gasteiger charge is -2.24. The Labute approximate surface area is 155 Å². The van der Waals surface area contributed by atoms with Crippen LogP contribution in [0.25, 0.3) is 0 Å². The third-order valence-corrected chi connectivity index (χ3v) is 3.34. The molecule has 130 valence electrons. The molecule has 0 spiro atoms. The smallest absolute Gasteiger partial charge is 0.310 e. The third kappa shape index (κ3) is 6.64. The van der Waals surface area contributed by atoms with E-state index in [0.29, 0.717) is 19.0 Å². The molecule has 0 radical (unpaired) electrons. The van der Waals surface area contributed by atoms with Crippen LogP contribution in [0.5, 0.6) is 5.75 Å². The molecule has 0 aliphatic carbocycles. The average molecular weight is 435 g/mol. The molecule has 0 aromatic heterocycles. The van der Waals surface area contributed by atoms with Crippen molar-refractivity contribution in [2.24, 2.45) is 10.9 Å². The van der Waals surface area contributed by atoms with Crippen molar-refractivity contribution in [2.45, 2.75) is 13.5 Å². The lowest BCUT2D eigenvalue weighted by molar-refractivity contribution is -0.144. The van der Waals surface area contributed by atoms with E-state index in [1.54, 1.807) is 14.2 Å². The zero-order chi connectivity index (χ0) is 16.5. The Balaban J connectivity index is 0.00000484. The van der Waals surface area contributed by atoms with Crippen molar-refractivity contribution in [3.63, 3.8) is 0 Å². The summed E-state index contributed by atoms with van der Waals surface area (Å²) in [4.78, 5) is 17.6. The number of para-hydroxylation sites is 1. The van der Waals surface area contributed by atoms with Gasteiger partial charge in [-0.3, -0.25) is 9.79 Å². The number of ether oxygens (including phenoxy) is 2. The predicted molar refractivity (Wildman–Crippen MR) is 102 cm³/mol. The number of carbonyl (C=O) groups excluding carboxylic acids is 1. The summed E-state index contributed by atoms with van der Waals surface area (Å²) in [5.74, 6) is 1.08. The van der Waals surface area contributed by atoms with Crippen LogP contribution in [-0.2, 0) is 16.1 Å². The molecule has 0 bridgehead atoms. The molecule has 0 amide bonds. The maximum Gasteiger partial charge on any atom is 0.310 e. The lowest BCUT2D eigenvalue weighted by Crippen LogP contribution is -2.41. The molecule has 0 aliphatic heterocycles. The van der Waals surface area contributed by atoms with E-state index in [1.165, 1.54) is 7.11 Å². The lowest BCUT2D eigenvalue weighted by atomic mass is 10.2.